The van der Waals surface area contributed by atoms with E-state index in [4.69, 9.17) is 21.1 Å². The van der Waals surface area contributed by atoms with Gasteiger partial charge in [0, 0.05) is 24.0 Å². The summed E-state index contributed by atoms with van der Waals surface area (Å²) < 4.78 is 11.3. The van der Waals surface area contributed by atoms with Gasteiger partial charge in [-0.25, -0.2) is 0 Å². The van der Waals surface area contributed by atoms with Crippen LogP contribution in [0.3, 0.4) is 0 Å². The highest BCUT2D eigenvalue weighted by Crippen LogP contribution is 2.31. The number of rotatable bonds is 9. The number of nitrogens with one attached hydrogen (secondary N) is 1. The van der Waals surface area contributed by atoms with Crippen molar-refractivity contribution < 1.29 is 19.1 Å². The number of hydrogen-bond donors (Lipinski definition) is 1. The Balaban J connectivity index is 1.47. The predicted molar refractivity (Wildman–Crippen MR) is 132 cm³/mol. The van der Waals surface area contributed by atoms with Crippen LogP contribution >= 0.6 is 11.6 Å². The fraction of sp³-hybridized carbons (Fsp3) is 0.481. The zero-order valence-electron chi connectivity index (χ0n) is 19.7. The Morgan fingerprint density at radius 3 is 2.41 bits per heavy atom. The smallest absolute Gasteiger partial charge is 0.243 e. The van der Waals surface area contributed by atoms with E-state index in [2.05, 4.69) is 5.32 Å². The highest BCUT2D eigenvalue weighted by atomic mass is 35.5. The van der Waals surface area contributed by atoms with Crippen LogP contribution in [-0.4, -0.2) is 42.0 Å². The molecule has 7 heteroatoms. The molecule has 0 unspecified atom stereocenters. The number of fused-ring (bicyclic) bond motifs is 1. The predicted octanol–water partition coefficient (Wildman–Crippen LogP) is 4.91. The lowest BCUT2D eigenvalue weighted by Crippen LogP contribution is -2.51. The summed E-state index contributed by atoms with van der Waals surface area (Å²) in [4.78, 5) is 28.4. The van der Waals surface area contributed by atoms with Gasteiger partial charge in [-0.15, -0.1) is 0 Å². The van der Waals surface area contributed by atoms with Gasteiger partial charge in [-0.3, -0.25) is 9.59 Å². The highest BCUT2D eigenvalue weighted by Gasteiger charge is 2.30. The maximum absolute atomic E-state index is 13.5. The molecule has 1 aliphatic heterocycles. The summed E-state index contributed by atoms with van der Waals surface area (Å²) >= 11 is 6.05. The van der Waals surface area contributed by atoms with E-state index in [1.165, 1.54) is 0 Å². The Hall–Kier alpha value is -2.73. The van der Waals surface area contributed by atoms with Crippen LogP contribution in [-0.2, 0) is 22.6 Å². The van der Waals surface area contributed by atoms with Crippen LogP contribution in [0, 0.1) is 0 Å². The Morgan fingerprint density at radius 2 is 1.71 bits per heavy atom. The number of halogens is 1. The first-order chi connectivity index (χ1) is 16.5. The first kappa shape index (κ1) is 24.4. The van der Waals surface area contributed by atoms with Crippen molar-refractivity contribution in [2.75, 3.05) is 13.2 Å². The summed E-state index contributed by atoms with van der Waals surface area (Å²) in [6.07, 6.45) is 5.74. The second kappa shape index (κ2) is 11.6. The molecule has 1 aliphatic carbocycles. The Labute approximate surface area is 206 Å². The Bertz CT molecular complexity index is 989. The van der Waals surface area contributed by atoms with E-state index >= 15 is 0 Å². The molecule has 6 nitrogen and oxygen atoms in total. The molecule has 0 bridgehead atoms. The van der Waals surface area contributed by atoms with Crippen molar-refractivity contribution in [3.63, 3.8) is 0 Å². The number of hydrogen-bond acceptors (Lipinski definition) is 4. The van der Waals surface area contributed by atoms with Crippen molar-refractivity contribution >= 4 is 23.4 Å². The molecule has 1 saturated carbocycles. The molecule has 0 aromatic heterocycles. The molecule has 2 aromatic rings. The average Bonchev–Trinajstić information content (AvgIpc) is 3.36. The van der Waals surface area contributed by atoms with Crippen molar-refractivity contribution in [3.05, 3.63) is 58.6 Å². The van der Waals surface area contributed by atoms with Gasteiger partial charge >= 0.3 is 0 Å². The van der Waals surface area contributed by atoms with Crippen LogP contribution < -0.4 is 14.8 Å². The van der Waals surface area contributed by atoms with Gasteiger partial charge in [-0.2, -0.15) is 0 Å². The molecule has 4 rings (SSSR count). The van der Waals surface area contributed by atoms with Gasteiger partial charge in [0.15, 0.2) is 11.5 Å². The number of benzene rings is 2. The molecule has 34 heavy (non-hydrogen) atoms. The normalized spacial score (nSPS) is 16.2. The van der Waals surface area contributed by atoms with Gasteiger partial charge in [-0.05, 0) is 61.1 Å². The topological polar surface area (TPSA) is 67.9 Å². The zero-order chi connectivity index (χ0) is 23.9. The number of amides is 2. The maximum atomic E-state index is 13.5. The van der Waals surface area contributed by atoms with Gasteiger partial charge in [0.2, 0.25) is 11.8 Å². The maximum Gasteiger partial charge on any atom is 0.243 e. The summed E-state index contributed by atoms with van der Waals surface area (Å²) in [6, 6.07) is 12.9. The molecule has 2 aromatic carbocycles. The minimum atomic E-state index is -0.510. The van der Waals surface area contributed by atoms with E-state index < -0.39 is 6.04 Å². The van der Waals surface area contributed by atoms with Crippen LogP contribution in [0.4, 0.5) is 0 Å². The van der Waals surface area contributed by atoms with Crippen LogP contribution in [0.2, 0.25) is 5.02 Å². The molecule has 1 atom stereocenters. The third kappa shape index (κ3) is 6.23. The first-order valence-electron chi connectivity index (χ1n) is 12.3. The molecule has 2 amide bonds. The van der Waals surface area contributed by atoms with E-state index in [0.29, 0.717) is 44.0 Å². The monoisotopic (exact) mass is 484 g/mol. The lowest BCUT2D eigenvalue weighted by atomic mass is 10.0. The quantitative estimate of drug-likeness (QED) is 0.549. The first-order valence-corrected chi connectivity index (χ1v) is 12.6. The number of nitrogens with zero attached hydrogens (tertiary/aromatic N) is 1. The molecule has 0 saturated heterocycles. The minimum absolute atomic E-state index is 0.0433. The molecular formula is C27H33ClN2O4. The van der Waals surface area contributed by atoms with Crippen molar-refractivity contribution in [1.29, 1.82) is 0 Å². The molecule has 0 spiro atoms. The third-order valence-corrected chi connectivity index (χ3v) is 6.84. The van der Waals surface area contributed by atoms with E-state index in [9.17, 15) is 9.59 Å². The molecule has 0 radical (unpaired) electrons. The van der Waals surface area contributed by atoms with E-state index in [1.54, 1.807) is 4.90 Å². The van der Waals surface area contributed by atoms with Gasteiger partial charge in [-0.1, -0.05) is 49.6 Å². The Morgan fingerprint density at radius 1 is 1.03 bits per heavy atom. The van der Waals surface area contributed by atoms with Crippen molar-refractivity contribution in [2.45, 2.75) is 70.5 Å². The van der Waals surface area contributed by atoms with Crippen molar-refractivity contribution in [1.82, 2.24) is 10.2 Å². The lowest BCUT2D eigenvalue weighted by Gasteiger charge is -2.31. The summed E-state index contributed by atoms with van der Waals surface area (Å²) in [5.74, 6) is 1.35. The largest absolute Gasteiger partial charge is 0.486 e. The van der Waals surface area contributed by atoms with Crippen molar-refractivity contribution in [2.24, 2.45) is 0 Å². The van der Waals surface area contributed by atoms with E-state index in [1.807, 2.05) is 49.4 Å². The van der Waals surface area contributed by atoms with E-state index in [0.717, 1.165) is 48.3 Å². The SMILES string of the molecule is CC[C@H](C(=O)NC1CCCC1)N(Cc1ccc(Cl)cc1)C(=O)CCc1ccc2c(c1)OCCO2. The van der Waals surface area contributed by atoms with Gasteiger partial charge in [0.05, 0.1) is 0 Å². The average molecular weight is 485 g/mol. The summed E-state index contributed by atoms with van der Waals surface area (Å²) in [7, 11) is 0. The van der Waals surface area contributed by atoms with Gasteiger partial charge < -0.3 is 19.7 Å². The van der Waals surface area contributed by atoms with Crippen LogP contribution in [0.15, 0.2) is 42.5 Å². The molecule has 182 valence electrons. The van der Waals surface area contributed by atoms with Crippen LogP contribution in [0.1, 0.15) is 56.6 Å². The Kier molecular flexibility index (Phi) is 8.33. The zero-order valence-corrected chi connectivity index (χ0v) is 20.5. The summed E-state index contributed by atoms with van der Waals surface area (Å²) in [5, 5.41) is 3.83. The van der Waals surface area contributed by atoms with E-state index in [-0.39, 0.29) is 17.9 Å². The van der Waals surface area contributed by atoms with Crippen molar-refractivity contribution in [3.8, 4) is 11.5 Å². The molecule has 1 fully saturated rings. The lowest BCUT2D eigenvalue weighted by molar-refractivity contribution is -0.141. The second-order valence-electron chi connectivity index (χ2n) is 9.04. The minimum Gasteiger partial charge on any atom is -0.486 e. The van der Waals surface area contributed by atoms with Crippen LogP contribution in [0.25, 0.3) is 0 Å². The summed E-state index contributed by atoms with van der Waals surface area (Å²) in [6.45, 7) is 3.40. The number of ether oxygens (including phenoxy) is 2. The number of carbonyl (C=O) groups excluding carboxylic acids is 2. The van der Waals surface area contributed by atoms with Crippen LogP contribution in [0.5, 0.6) is 11.5 Å². The third-order valence-electron chi connectivity index (χ3n) is 6.59. The fourth-order valence-corrected chi connectivity index (χ4v) is 4.84. The summed E-state index contributed by atoms with van der Waals surface area (Å²) in [5.41, 5.74) is 1.96. The highest BCUT2D eigenvalue weighted by molar-refractivity contribution is 6.30. The molecule has 1 N–H and O–H groups in total. The standard InChI is InChI=1S/C27H33ClN2O4/c1-2-23(27(32)29-22-5-3-4-6-22)30(18-20-7-11-21(28)12-8-20)26(31)14-10-19-9-13-24-25(17-19)34-16-15-33-24/h7-9,11-13,17,22-23H,2-6,10,14-16,18H2,1H3,(H,29,32)/t23-/m1/s1. The van der Waals surface area contributed by atoms with Gasteiger partial charge in [0.1, 0.15) is 19.3 Å². The number of aryl methyl sites for hydroxylation is 1. The number of carbonyl (C=O) groups is 2. The fourth-order valence-electron chi connectivity index (χ4n) is 4.71. The van der Waals surface area contributed by atoms with Gasteiger partial charge in [0.25, 0.3) is 0 Å². The second-order valence-corrected chi connectivity index (χ2v) is 9.48. The molecular weight excluding hydrogens is 452 g/mol. The molecule has 1 heterocycles. The molecule has 2 aliphatic rings.